The maximum absolute atomic E-state index is 12.9. The number of anilines is 1. The molecule has 0 aliphatic heterocycles. The predicted octanol–water partition coefficient (Wildman–Crippen LogP) is 1.42. The highest BCUT2D eigenvalue weighted by Gasteiger charge is 2.07. The van der Waals surface area contributed by atoms with Crippen molar-refractivity contribution in [1.82, 2.24) is 0 Å². The molecule has 0 aliphatic carbocycles. The van der Waals surface area contributed by atoms with Gasteiger partial charge in [0, 0.05) is 5.69 Å². The summed E-state index contributed by atoms with van der Waals surface area (Å²) in [5.41, 5.74) is 6.54. The van der Waals surface area contributed by atoms with E-state index < -0.39 is 6.04 Å². The molecule has 3 nitrogen and oxygen atoms in total. The number of carbonyl (C=O) groups is 1. The highest BCUT2D eigenvalue weighted by atomic mass is 19.1. The Hall–Kier alpha value is -1.42. The van der Waals surface area contributed by atoms with E-state index in [1.807, 2.05) is 0 Å². The van der Waals surface area contributed by atoms with E-state index in [1.54, 1.807) is 19.9 Å². The van der Waals surface area contributed by atoms with Gasteiger partial charge in [0.25, 0.3) is 0 Å². The van der Waals surface area contributed by atoms with Gasteiger partial charge in [0.15, 0.2) is 0 Å². The van der Waals surface area contributed by atoms with E-state index in [9.17, 15) is 9.18 Å². The molecule has 1 atom stereocenters. The van der Waals surface area contributed by atoms with Crippen molar-refractivity contribution in [2.75, 3.05) is 5.32 Å². The normalized spacial score (nSPS) is 12.3. The van der Waals surface area contributed by atoms with Gasteiger partial charge in [0.05, 0.1) is 6.04 Å². The molecule has 4 heteroatoms. The van der Waals surface area contributed by atoms with Gasteiger partial charge >= 0.3 is 0 Å². The molecule has 0 heterocycles. The molecule has 76 valence electrons. The summed E-state index contributed by atoms with van der Waals surface area (Å²) in [6.07, 6.45) is 0. The lowest BCUT2D eigenvalue weighted by Gasteiger charge is -2.08. The zero-order valence-electron chi connectivity index (χ0n) is 8.17. The number of hydrogen-bond donors (Lipinski definition) is 2. The van der Waals surface area contributed by atoms with Crippen LogP contribution >= 0.6 is 0 Å². The number of carbonyl (C=O) groups excluding carboxylic acids is 1. The molecule has 0 saturated carbocycles. The Morgan fingerprint density at radius 2 is 2.14 bits per heavy atom. The number of benzene rings is 1. The number of hydrogen-bond acceptors (Lipinski definition) is 2. The maximum Gasteiger partial charge on any atom is 0.241 e. The molecule has 3 N–H and O–H groups in total. The Balaban J connectivity index is 2.82. The van der Waals surface area contributed by atoms with Crippen molar-refractivity contribution in [3.63, 3.8) is 0 Å². The average molecular weight is 196 g/mol. The van der Waals surface area contributed by atoms with E-state index in [1.165, 1.54) is 12.1 Å². The van der Waals surface area contributed by atoms with Crippen LogP contribution in [0.5, 0.6) is 0 Å². The Bertz CT molecular complexity index is 330. The number of nitrogens with two attached hydrogens (primary N) is 1. The number of rotatable bonds is 2. The minimum absolute atomic E-state index is 0.324. The molecule has 0 aliphatic rings. The minimum atomic E-state index is -0.599. The smallest absolute Gasteiger partial charge is 0.241 e. The summed E-state index contributed by atoms with van der Waals surface area (Å²) in [5, 5.41) is 2.52. The van der Waals surface area contributed by atoms with E-state index >= 15 is 0 Å². The first-order valence-electron chi connectivity index (χ1n) is 4.32. The molecular formula is C10H13FN2O. The highest BCUT2D eigenvalue weighted by Crippen LogP contribution is 2.13. The van der Waals surface area contributed by atoms with Crippen molar-refractivity contribution in [1.29, 1.82) is 0 Å². The number of nitrogens with one attached hydrogen (secondary N) is 1. The summed E-state index contributed by atoms with van der Waals surface area (Å²) in [4.78, 5) is 11.2. The van der Waals surface area contributed by atoms with E-state index in [-0.39, 0.29) is 11.7 Å². The van der Waals surface area contributed by atoms with E-state index in [0.29, 0.717) is 5.69 Å². The lowest BCUT2D eigenvalue weighted by atomic mass is 10.2. The molecular weight excluding hydrogens is 183 g/mol. The highest BCUT2D eigenvalue weighted by molar-refractivity contribution is 5.94. The predicted molar refractivity (Wildman–Crippen MR) is 53.4 cm³/mol. The van der Waals surface area contributed by atoms with Crippen LogP contribution in [0.2, 0.25) is 0 Å². The monoisotopic (exact) mass is 196 g/mol. The molecule has 14 heavy (non-hydrogen) atoms. The van der Waals surface area contributed by atoms with Crippen molar-refractivity contribution < 1.29 is 9.18 Å². The summed E-state index contributed by atoms with van der Waals surface area (Å²) in [6.45, 7) is 3.33. The SMILES string of the molecule is Cc1cc(F)cc(NC(=O)C(C)N)c1. The van der Waals surface area contributed by atoms with Crippen LogP contribution in [0.15, 0.2) is 18.2 Å². The standard InChI is InChI=1S/C10H13FN2O/c1-6-3-8(11)5-9(4-6)13-10(14)7(2)12/h3-5,7H,12H2,1-2H3,(H,13,14). The molecule has 0 fully saturated rings. The summed E-state index contributed by atoms with van der Waals surface area (Å²) in [7, 11) is 0. The fourth-order valence-corrected chi connectivity index (χ4v) is 1.06. The molecule has 0 spiro atoms. The van der Waals surface area contributed by atoms with Crippen LogP contribution in [0.4, 0.5) is 10.1 Å². The first-order valence-corrected chi connectivity index (χ1v) is 4.32. The molecule has 0 radical (unpaired) electrons. The summed E-state index contributed by atoms with van der Waals surface area (Å²) < 4.78 is 12.9. The topological polar surface area (TPSA) is 55.1 Å². The van der Waals surface area contributed by atoms with Crippen LogP contribution in [0.3, 0.4) is 0 Å². The van der Waals surface area contributed by atoms with Gasteiger partial charge in [-0.1, -0.05) is 0 Å². The van der Waals surface area contributed by atoms with Crippen LogP contribution in [0, 0.1) is 12.7 Å². The molecule has 1 unspecified atom stereocenters. The maximum atomic E-state index is 12.9. The zero-order valence-corrected chi connectivity index (χ0v) is 8.17. The Morgan fingerprint density at radius 1 is 1.50 bits per heavy atom. The largest absolute Gasteiger partial charge is 0.325 e. The van der Waals surface area contributed by atoms with Gasteiger partial charge in [0.1, 0.15) is 5.82 Å². The molecule has 1 aromatic rings. The molecule has 0 aromatic heterocycles. The average Bonchev–Trinajstić information content (AvgIpc) is 2.01. The van der Waals surface area contributed by atoms with Gasteiger partial charge in [-0.25, -0.2) is 4.39 Å². The van der Waals surface area contributed by atoms with Gasteiger partial charge < -0.3 is 11.1 Å². The van der Waals surface area contributed by atoms with Gasteiger partial charge in [-0.15, -0.1) is 0 Å². The van der Waals surface area contributed by atoms with Crippen molar-refractivity contribution >= 4 is 11.6 Å². The van der Waals surface area contributed by atoms with E-state index in [2.05, 4.69) is 5.32 Å². The number of amides is 1. The molecule has 1 rings (SSSR count). The molecule has 1 aromatic carbocycles. The Kier molecular flexibility index (Phi) is 3.19. The summed E-state index contributed by atoms with van der Waals surface area (Å²) in [6, 6.07) is 3.73. The fraction of sp³-hybridized carbons (Fsp3) is 0.300. The van der Waals surface area contributed by atoms with Gasteiger partial charge in [-0.2, -0.15) is 0 Å². The first kappa shape index (κ1) is 10.7. The second-order valence-electron chi connectivity index (χ2n) is 3.30. The van der Waals surface area contributed by atoms with Crippen LogP contribution in [-0.4, -0.2) is 11.9 Å². The zero-order chi connectivity index (χ0) is 10.7. The first-order chi connectivity index (χ1) is 6.49. The lowest BCUT2D eigenvalue weighted by molar-refractivity contribution is -0.117. The van der Waals surface area contributed by atoms with Crippen molar-refractivity contribution in [3.05, 3.63) is 29.6 Å². The second kappa shape index (κ2) is 4.19. The summed E-state index contributed by atoms with van der Waals surface area (Å²) in [5.74, 6) is -0.694. The van der Waals surface area contributed by atoms with Crippen LogP contribution in [0.1, 0.15) is 12.5 Å². The van der Waals surface area contributed by atoms with Crippen LogP contribution < -0.4 is 11.1 Å². The van der Waals surface area contributed by atoms with E-state index in [0.717, 1.165) is 5.56 Å². The van der Waals surface area contributed by atoms with Crippen LogP contribution in [-0.2, 0) is 4.79 Å². The summed E-state index contributed by atoms with van der Waals surface area (Å²) >= 11 is 0. The third-order valence-corrected chi connectivity index (χ3v) is 1.72. The third-order valence-electron chi connectivity index (χ3n) is 1.72. The fourth-order valence-electron chi connectivity index (χ4n) is 1.06. The van der Waals surface area contributed by atoms with Crippen molar-refractivity contribution in [2.24, 2.45) is 5.73 Å². The van der Waals surface area contributed by atoms with Crippen molar-refractivity contribution in [3.8, 4) is 0 Å². The van der Waals surface area contributed by atoms with E-state index in [4.69, 9.17) is 5.73 Å². The van der Waals surface area contributed by atoms with Gasteiger partial charge in [-0.05, 0) is 37.6 Å². The van der Waals surface area contributed by atoms with Gasteiger partial charge in [-0.3, -0.25) is 4.79 Å². The second-order valence-corrected chi connectivity index (χ2v) is 3.30. The Labute approximate surface area is 82.1 Å². The number of aryl methyl sites for hydroxylation is 1. The third kappa shape index (κ3) is 2.81. The Morgan fingerprint density at radius 3 is 2.64 bits per heavy atom. The molecule has 0 saturated heterocycles. The molecule has 0 bridgehead atoms. The quantitative estimate of drug-likeness (QED) is 0.751. The van der Waals surface area contributed by atoms with Gasteiger partial charge in [0.2, 0.25) is 5.91 Å². The molecule has 1 amide bonds. The van der Waals surface area contributed by atoms with Crippen molar-refractivity contribution in [2.45, 2.75) is 19.9 Å². The minimum Gasteiger partial charge on any atom is -0.325 e. The number of halogens is 1. The van der Waals surface area contributed by atoms with Crippen LogP contribution in [0.25, 0.3) is 0 Å². The lowest BCUT2D eigenvalue weighted by Crippen LogP contribution is -2.32.